The third kappa shape index (κ3) is 3.57. The smallest absolute Gasteiger partial charge is 0.137 e. The maximum atomic E-state index is 13.4. The molecule has 100 valence electrons. The molecule has 0 spiro atoms. The standard InChI is InChI=1S/C15H14Br2FN/c1-9-7-14(18)13(17)8-15(9)19-10(2)11-3-5-12(16)6-4-11/h3-8,10,19H,1-2H3. The number of halogens is 3. The highest BCUT2D eigenvalue weighted by Crippen LogP contribution is 2.28. The van der Waals surface area contributed by atoms with Crippen LogP contribution in [-0.2, 0) is 0 Å². The van der Waals surface area contributed by atoms with Gasteiger partial charge in [-0.1, -0.05) is 28.1 Å². The van der Waals surface area contributed by atoms with Crippen LogP contribution in [0.2, 0.25) is 0 Å². The molecule has 0 aliphatic carbocycles. The molecule has 0 saturated heterocycles. The summed E-state index contributed by atoms with van der Waals surface area (Å²) < 4.78 is 14.9. The quantitative estimate of drug-likeness (QED) is 0.699. The fourth-order valence-corrected chi connectivity index (χ4v) is 2.48. The molecule has 0 aliphatic heterocycles. The lowest BCUT2D eigenvalue weighted by molar-refractivity contribution is 0.620. The summed E-state index contributed by atoms with van der Waals surface area (Å²) in [4.78, 5) is 0. The highest BCUT2D eigenvalue weighted by atomic mass is 79.9. The van der Waals surface area contributed by atoms with Crippen molar-refractivity contribution >= 4 is 37.5 Å². The lowest BCUT2D eigenvalue weighted by atomic mass is 10.1. The molecule has 1 atom stereocenters. The van der Waals surface area contributed by atoms with Gasteiger partial charge in [0.25, 0.3) is 0 Å². The van der Waals surface area contributed by atoms with Crippen LogP contribution >= 0.6 is 31.9 Å². The molecule has 1 nitrogen and oxygen atoms in total. The molecule has 0 aromatic heterocycles. The second kappa shape index (κ2) is 6.06. The Bertz CT molecular complexity index is 581. The van der Waals surface area contributed by atoms with E-state index in [1.54, 1.807) is 6.07 Å². The second-order valence-corrected chi connectivity index (χ2v) is 6.27. The molecule has 4 heteroatoms. The Morgan fingerprint density at radius 2 is 1.74 bits per heavy atom. The molecule has 1 unspecified atom stereocenters. The zero-order valence-corrected chi connectivity index (χ0v) is 13.8. The van der Waals surface area contributed by atoms with Gasteiger partial charge in [0, 0.05) is 16.2 Å². The van der Waals surface area contributed by atoms with Crippen LogP contribution in [0.3, 0.4) is 0 Å². The molecular weight excluding hydrogens is 373 g/mol. The molecule has 0 aliphatic rings. The summed E-state index contributed by atoms with van der Waals surface area (Å²) in [5.74, 6) is -0.237. The lowest BCUT2D eigenvalue weighted by Gasteiger charge is -2.18. The Morgan fingerprint density at radius 1 is 1.11 bits per heavy atom. The van der Waals surface area contributed by atoms with Crippen molar-refractivity contribution in [2.24, 2.45) is 0 Å². The summed E-state index contributed by atoms with van der Waals surface area (Å²) in [5, 5.41) is 3.40. The van der Waals surface area contributed by atoms with Crippen molar-refractivity contribution in [3.63, 3.8) is 0 Å². The van der Waals surface area contributed by atoms with Crippen molar-refractivity contribution in [1.29, 1.82) is 0 Å². The van der Waals surface area contributed by atoms with Gasteiger partial charge in [0.1, 0.15) is 5.82 Å². The largest absolute Gasteiger partial charge is 0.378 e. The molecule has 1 N–H and O–H groups in total. The Morgan fingerprint density at radius 3 is 2.37 bits per heavy atom. The molecule has 19 heavy (non-hydrogen) atoms. The van der Waals surface area contributed by atoms with E-state index in [9.17, 15) is 4.39 Å². The first-order chi connectivity index (χ1) is 8.97. The maximum Gasteiger partial charge on any atom is 0.137 e. The van der Waals surface area contributed by atoms with Crippen molar-refractivity contribution in [1.82, 2.24) is 0 Å². The minimum atomic E-state index is -0.237. The maximum absolute atomic E-state index is 13.4. The predicted octanol–water partition coefficient (Wildman–Crippen LogP) is 5.83. The molecule has 0 fully saturated rings. The number of rotatable bonds is 3. The van der Waals surface area contributed by atoms with Crippen molar-refractivity contribution in [2.75, 3.05) is 5.32 Å². The van der Waals surface area contributed by atoms with Crippen LogP contribution in [-0.4, -0.2) is 0 Å². The van der Waals surface area contributed by atoms with Crippen molar-refractivity contribution in [3.05, 3.63) is 62.3 Å². The number of anilines is 1. The number of hydrogen-bond donors (Lipinski definition) is 1. The summed E-state index contributed by atoms with van der Waals surface area (Å²) in [6, 6.07) is 11.6. The Hall–Kier alpha value is -0.870. The van der Waals surface area contributed by atoms with Crippen LogP contribution in [0.15, 0.2) is 45.3 Å². The van der Waals surface area contributed by atoms with Crippen molar-refractivity contribution in [2.45, 2.75) is 19.9 Å². The highest BCUT2D eigenvalue weighted by molar-refractivity contribution is 9.10. The van der Waals surface area contributed by atoms with E-state index >= 15 is 0 Å². The molecular formula is C15H14Br2FN. The third-order valence-electron chi connectivity index (χ3n) is 3.01. The van der Waals surface area contributed by atoms with Gasteiger partial charge in [-0.3, -0.25) is 0 Å². The van der Waals surface area contributed by atoms with Gasteiger partial charge in [-0.25, -0.2) is 4.39 Å². The second-order valence-electron chi connectivity index (χ2n) is 4.50. The summed E-state index contributed by atoms with van der Waals surface area (Å²) in [6.45, 7) is 3.98. The van der Waals surface area contributed by atoms with Gasteiger partial charge in [-0.2, -0.15) is 0 Å². The van der Waals surface area contributed by atoms with Crippen LogP contribution in [0.4, 0.5) is 10.1 Å². The van der Waals surface area contributed by atoms with Crippen LogP contribution in [0, 0.1) is 12.7 Å². The van der Waals surface area contributed by atoms with Gasteiger partial charge >= 0.3 is 0 Å². The van der Waals surface area contributed by atoms with Gasteiger partial charge in [-0.05, 0) is 65.2 Å². The minimum Gasteiger partial charge on any atom is -0.378 e. The van der Waals surface area contributed by atoms with Crippen LogP contribution in [0.5, 0.6) is 0 Å². The summed E-state index contributed by atoms with van der Waals surface area (Å²) >= 11 is 6.64. The van der Waals surface area contributed by atoms with E-state index in [4.69, 9.17) is 0 Å². The summed E-state index contributed by atoms with van der Waals surface area (Å²) in [5.41, 5.74) is 3.01. The molecule has 0 heterocycles. The van der Waals surface area contributed by atoms with Crippen LogP contribution < -0.4 is 5.32 Å². The summed E-state index contributed by atoms with van der Waals surface area (Å²) in [7, 11) is 0. The van der Waals surface area contributed by atoms with E-state index in [1.807, 2.05) is 19.1 Å². The number of benzene rings is 2. The summed E-state index contributed by atoms with van der Waals surface area (Å²) in [6.07, 6.45) is 0. The fourth-order valence-electron chi connectivity index (χ4n) is 1.87. The lowest BCUT2D eigenvalue weighted by Crippen LogP contribution is -2.07. The molecule has 2 rings (SSSR count). The van der Waals surface area contributed by atoms with Gasteiger partial charge in [0.2, 0.25) is 0 Å². The molecule has 2 aromatic carbocycles. The van der Waals surface area contributed by atoms with Gasteiger partial charge in [0.15, 0.2) is 0 Å². The average molecular weight is 387 g/mol. The molecule has 0 bridgehead atoms. The van der Waals surface area contributed by atoms with Gasteiger partial charge in [-0.15, -0.1) is 0 Å². The molecule has 2 aromatic rings. The highest BCUT2D eigenvalue weighted by Gasteiger charge is 2.09. The van der Waals surface area contributed by atoms with E-state index < -0.39 is 0 Å². The minimum absolute atomic E-state index is 0.157. The fraction of sp³-hybridized carbons (Fsp3) is 0.200. The average Bonchev–Trinajstić information content (AvgIpc) is 2.36. The predicted molar refractivity (Wildman–Crippen MR) is 85.0 cm³/mol. The van der Waals surface area contributed by atoms with E-state index in [1.165, 1.54) is 11.6 Å². The number of nitrogens with one attached hydrogen (secondary N) is 1. The SMILES string of the molecule is Cc1cc(F)c(Br)cc1NC(C)c1ccc(Br)cc1. The van der Waals surface area contributed by atoms with E-state index in [2.05, 4.69) is 56.2 Å². The Labute approximate surface area is 129 Å². The number of hydrogen-bond acceptors (Lipinski definition) is 1. The molecule has 0 saturated carbocycles. The van der Waals surface area contributed by atoms with Gasteiger partial charge < -0.3 is 5.32 Å². The van der Waals surface area contributed by atoms with Crippen LogP contribution in [0.25, 0.3) is 0 Å². The molecule has 0 amide bonds. The zero-order valence-electron chi connectivity index (χ0n) is 10.7. The zero-order chi connectivity index (χ0) is 14.0. The normalized spacial score (nSPS) is 12.3. The van der Waals surface area contributed by atoms with Crippen molar-refractivity contribution < 1.29 is 4.39 Å². The van der Waals surface area contributed by atoms with E-state index in [0.717, 1.165) is 15.7 Å². The Kier molecular flexibility index (Phi) is 4.63. The van der Waals surface area contributed by atoms with E-state index in [-0.39, 0.29) is 11.9 Å². The number of aryl methyl sites for hydroxylation is 1. The first kappa shape index (κ1) is 14.5. The third-order valence-corrected chi connectivity index (χ3v) is 4.15. The Balaban J connectivity index is 2.21. The topological polar surface area (TPSA) is 12.0 Å². The van der Waals surface area contributed by atoms with Crippen LogP contribution in [0.1, 0.15) is 24.1 Å². The monoisotopic (exact) mass is 385 g/mol. The van der Waals surface area contributed by atoms with Crippen molar-refractivity contribution in [3.8, 4) is 0 Å². The van der Waals surface area contributed by atoms with Gasteiger partial charge in [0.05, 0.1) is 4.47 Å². The molecule has 0 radical (unpaired) electrons. The first-order valence-corrected chi connectivity index (χ1v) is 7.53. The first-order valence-electron chi connectivity index (χ1n) is 5.95. The van der Waals surface area contributed by atoms with E-state index in [0.29, 0.717) is 4.47 Å².